The number of nitrogens with one attached hydrogen (secondary N) is 1. The predicted molar refractivity (Wildman–Crippen MR) is 56.5 cm³/mol. The molecule has 1 aromatic rings. The van der Waals surface area contributed by atoms with Crippen LogP contribution in [0.25, 0.3) is 0 Å². The molecule has 1 aliphatic heterocycles. The summed E-state index contributed by atoms with van der Waals surface area (Å²) in [5.74, 6) is 1.60. The summed E-state index contributed by atoms with van der Waals surface area (Å²) in [5, 5.41) is 12.9. The molecular weight excluding hydrogens is 194 g/mol. The zero-order valence-electron chi connectivity index (χ0n) is 8.91. The van der Waals surface area contributed by atoms with Crippen LogP contribution < -0.4 is 14.8 Å². The molecule has 0 amide bonds. The highest BCUT2D eigenvalue weighted by molar-refractivity contribution is 5.51. The lowest BCUT2D eigenvalue weighted by molar-refractivity contribution is 0.174. The fourth-order valence-electron chi connectivity index (χ4n) is 1.57. The molecule has 2 N–H and O–H groups in total. The Balaban J connectivity index is 2.24. The number of benzene rings is 1. The van der Waals surface area contributed by atoms with Crippen molar-refractivity contribution in [3.63, 3.8) is 0 Å². The first-order chi connectivity index (χ1) is 7.20. The maximum absolute atomic E-state index is 9.76. The van der Waals surface area contributed by atoms with Gasteiger partial charge in [0.05, 0.1) is 0 Å². The normalized spacial score (nSPS) is 15.3. The van der Waals surface area contributed by atoms with Gasteiger partial charge in [0, 0.05) is 12.1 Å². The molecule has 0 fully saturated rings. The van der Waals surface area contributed by atoms with Gasteiger partial charge in [-0.05, 0) is 32.0 Å². The Morgan fingerprint density at radius 1 is 1.40 bits per heavy atom. The molecule has 82 valence electrons. The summed E-state index contributed by atoms with van der Waals surface area (Å²) >= 11 is 0. The molecule has 4 heteroatoms. The molecule has 0 aliphatic carbocycles. The molecule has 4 nitrogen and oxygen atoms in total. The highest BCUT2D eigenvalue weighted by atomic mass is 16.7. The van der Waals surface area contributed by atoms with Crippen LogP contribution in [0, 0.1) is 0 Å². The number of aromatic hydroxyl groups is 1. The van der Waals surface area contributed by atoms with Crippen molar-refractivity contribution in [3.8, 4) is 17.2 Å². The standard InChI is InChI=1S/C11H15NO3/c1-7(12-2)3-8-4-10-11(5-9(8)13)15-6-14-10/h4-5,7,12-13H,3,6H2,1-2H3/t7-/m0/s1. The van der Waals surface area contributed by atoms with Gasteiger partial charge in [0.1, 0.15) is 5.75 Å². The number of phenolic OH excluding ortho intramolecular Hbond substituents is 1. The second-order valence-corrected chi connectivity index (χ2v) is 3.73. The monoisotopic (exact) mass is 209 g/mol. The van der Waals surface area contributed by atoms with Crippen molar-refractivity contribution < 1.29 is 14.6 Å². The van der Waals surface area contributed by atoms with Crippen molar-refractivity contribution in [2.75, 3.05) is 13.8 Å². The van der Waals surface area contributed by atoms with E-state index in [0.717, 1.165) is 12.0 Å². The Bertz CT molecular complexity index is 365. The number of ether oxygens (including phenoxy) is 2. The molecular formula is C11H15NO3. The maximum atomic E-state index is 9.76. The van der Waals surface area contributed by atoms with Gasteiger partial charge < -0.3 is 19.9 Å². The molecule has 1 heterocycles. The molecule has 0 aromatic heterocycles. The van der Waals surface area contributed by atoms with E-state index in [0.29, 0.717) is 17.5 Å². The number of hydrogen-bond donors (Lipinski definition) is 2. The van der Waals surface area contributed by atoms with Crippen molar-refractivity contribution in [2.45, 2.75) is 19.4 Å². The van der Waals surface area contributed by atoms with Crippen LogP contribution in [-0.4, -0.2) is 25.0 Å². The summed E-state index contributed by atoms with van der Waals surface area (Å²) in [7, 11) is 1.90. The van der Waals surface area contributed by atoms with E-state index in [4.69, 9.17) is 9.47 Å². The number of phenols is 1. The topological polar surface area (TPSA) is 50.7 Å². The third-order valence-corrected chi connectivity index (χ3v) is 2.59. The lowest BCUT2D eigenvalue weighted by atomic mass is 10.1. The summed E-state index contributed by atoms with van der Waals surface area (Å²) in [4.78, 5) is 0. The van der Waals surface area contributed by atoms with Crippen LogP contribution in [0.4, 0.5) is 0 Å². The second-order valence-electron chi connectivity index (χ2n) is 3.73. The second kappa shape index (κ2) is 3.98. The van der Waals surface area contributed by atoms with Gasteiger partial charge in [-0.2, -0.15) is 0 Å². The average molecular weight is 209 g/mol. The summed E-state index contributed by atoms with van der Waals surface area (Å²) in [6.45, 7) is 2.30. The molecule has 2 rings (SSSR count). The quantitative estimate of drug-likeness (QED) is 0.787. The van der Waals surface area contributed by atoms with E-state index in [1.165, 1.54) is 0 Å². The van der Waals surface area contributed by atoms with Crippen LogP contribution in [0.1, 0.15) is 12.5 Å². The fraction of sp³-hybridized carbons (Fsp3) is 0.455. The van der Waals surface area contributed by atoms with Crippen LogP contribution >= 0.6 is 0 Å². The van der Waals surface area contributed by atoms with Crippen LogP contribution in [0.5, 0.6) is 17.2 Å². The van der Waals surface area contributed by atoms with E-state index in [9.17, 15) is 5.11 Å². The first-order valence-corrected chi connectivity index (χ1v) is 4.99. The minimum atomic E-state index is 0.236. The minimum absolute atomic E-state index is 0.236. The molecule has 15 heavy (non-hydrogen) atoms. The van der Waals surface area contributed by atoms with Gasteiger partial charge in [-0.1, -0.05) is 0 Å². The van der Waals surface area contributed by atoms with Crippen LogP contribution in [-0.2, 0) is 6.42 Å². The minimum Gasteiger partial charge on any atom is -0.508 e. The lowest BCUT2D eigenvalue weighted by Gasteiger charge is -2.11. The van der Waals surface area contributed by atoms with Gasteiger partial charge in [-0.25, -0.2) is 0 Å². The van der Waals surface area contributed by atoms with E-state index in [1.807, 2.05) is 13.1 Å². The largest absolute Gasteiger partial charge is 0.508 e. The molecule has 0 radical (unpaired) electrons. The molecule has 1 aromatic carbocycles. The first-order valence-electron chi connectivity index (χ1n) is 4.99. The Labute approximate surface area is 88.8 Å². The zero-order chi connectivity index (χ0) is 10.8. The van der Waals surface area contributed by atoms with Gasteiger partial charge in [0.2, 0.25) is 6.79 Å². The molecule has 1 atom stereocenters. The van der Waals surface area contributed by atoms with Gasteiger partial charge in [0.25, 0.3) is 0 Å². The molecule has 0 spiro atoms. The Morgan fingerprint density at radius 2 is 2.07 bits per heavy atom. The van der Waals surface area contributed by atoms with Crippen molar-refractivity contribution >= 4 is 0 Å². The van der Waals surface area contributed by atoms with Crippen molar-refractivity contribution in [1.29, 1.82) is 0 Å². The lowest BCUT2D eigenvalue weighted by Crippen LogP contribution is -2.23. The van der Waals surface area contributed by atoms with Crippen molar-refractivity contribution in [3.05, 3.63) is 17.7 Å². The SMILES string of the molecule is CN[C@@H](C)Cc1cc2c(cc1O)OCO2. The van der Waals surface area contributed by atoms with Gasteiger partial charge in [0.15, 0.2) is 11.5 Å². The Hall–Kier alpha value is -1.42. The van der Waals surface area contributed by atoms with Gasteiger partial charge in [-0.3, -0.25) is 0 Å². The fourth-order valence-corrected chi connectivity index (χ4v) is 1.57. The van der Waals surface area contributed by atoms with E-state index >= 15 is 0 Å². The smallest absolute Gasteiger partial charge is 0.231 e. The van der Waals surface area contributed by atoms with Crippen LogP contribution in [0.15, 0.2) is 12.1 Å². The number of hydrogen-bond acceptors (Lipinski definition) is 4. The highest BCUT2D eigenvalue weighted by Gasteiger charge is 2.17. The number of fused-ring (bicyclic) bond motifs is 1. The molecule has 0 unspecified atom stereocenters. The first kappa shape index (κ1) is 10.1. The van der Waals surface area contributed by atoms with Crippen molar-refractivity contribution in [1.82, 2.24) is 5.32 Å². The van der Waals surface area contributed by atoms with Gasteiger partial charge >= 0.3 is 0 Å². The molecule has 0 bridgehead atoms. The van der Waals surface area contributed by atoms with Crippen LogP contribution in [0.2, 0.25) is 0 Å². The number of rotatable bonds is 3. The third-order valence-electron chi connectivity index (χ3n) is 2.59. The van der Waals surface area contributed by atoms with Crippen molar-refractivity contribution in [2.24, 2.45) is 0 Å². The maximum Gasteiger partial charge on any atom is 0.231 e. The summed E-state index contributed by atoms with van der Waals surface area (Å²) < 4.78 is 10.4. The van der Waals surface area contributed by atoms with Crippen LogP contribution in [0.3, 0.4) is 0 Å². The summed E-state index contributed by atoms with van der Waals surface area (Å²) in [6.07, 6.45) is 0.763. The Morgan fingerprint density at radius 3 is 2.73 bits per heavy atom. The predicted octanol–water partition coefficient (Wildman–Crippen LogP) is 1.27. The van der Waals surface area contributed by atoms with Gasteiger partial charge in [-0.15, -0.1) is 0 Å². The van der Waals surface area contributed by atoms with E-state index in [2.05, 4.69) is 12.2 Å². The third kappa shape index (κ3) is 1.99. The zero-order valence-corrected chi connectivity index (χ0v) is 8.91. The molecule has 0 saturated heterocycles. The average Bonchev–Trinajstić information content (AvgIpc) is 2.65. The van der Waals surface area contributed by atoms with E-state index < -0.39 is 0 Å². The number of likely N-dealkylation sites (N-methyl/N-ethyl adjacent to an activating group) is 1. The van der Waals surface area contributed by atoms with E-state index in [-0.39, 0.29) is 12.5 Å². The summed E-state index contributed by atoms with van der Waals surface area (Å²) in [5.41, 5.74) is 0.876. The highest BCUT2D eigenvalue weighted by Crippen LogP contribution is 2.37. The summed E-state index contributed by atoms with van der Waals surface area (Å²) in [6, 6.07) is 3.77. The molecule has 1 aliphatic rings. The van der Waals surface area contributed by atoms with E-state index in [1.54, 1.807) is 6.07 Å². The Kier molecular flexibility index (Phi) is 2.68. The molecule has 0 saturated carbocycles.